The predicted octanol–water partition coefficient (Wildman–Crippen LogP) is 3.54. The van der Waals surface area contributed by atoms with Gasteiger partial charge in [-0.15, -0.1) is 0 Å². The Kier molecular flexibility index (Phi) is 2.61. The number of nitrogens with zero attached hydrogens (tertiary/aromatic N) is 2. The average Bonchev–Trinajstić information content (AvgIpc) is 2.90. The molecular formula is C14H9FN2O. The van der Waals surface area contributed by atoms with Gasteiger partial charge in [-0.05, 0) is 36.4 Å². The second kappa shape index (κ2) is 4.41. The number of benzene rings is 2. The van der Waals surface area contributed by atoms with Crippen molar-refractivity contribution in [2.24, 2.45) is 0 Å². The summed E-state index contributed by atoms with van der Waals surface area (Å²) in [5, 5.41) is 3.88. The third-order valence-corrected chi connectivity index (χ3v) is 2.55. The summed E-state index contributed by atoms with van der Waals surface area (Å²) in [7, 11) is 0. The Morgan fingerprint density at radius 2 is 1.56 bits per heavy atom. The fraction of sp³-hybridized carbons (Fsp3) is 0. The maximum Gasteiger partial charge on any atom is 0.258 e. The summed E-state index contributed by atoms with van der Waals surface area (Å²) >= 11 is 0. The van der Waals surface area contributed by atoms with Crippen molar-refractivity contribution in [2.45, 2.75) is 0 Å². The normalized spacial score (nSPS) is 10.5. The number of halogens is 1. The van der Waals surface area contributed by atoms with Gasteiger partial charge in [0.1, 0.15) is 5.82 Å². The molecule has 0 spiro atoms. The van der Waals surface area contributed by atoms with Gasteiger partial charge in [-0.3, -0.25) is 0 Å². The third-order valence-electron chi connectivity index (χ3n) is 2.55. The van der Waals surface area contributed by atoms with Gasteiger partial charge in [0, 0.05) is 11.1 Å². The first-order chi connectivity index (χ1) is 8.83. The highest BCUT2D eigenvalue weighted by Gasteiger charge is 2.09. The van der Waals surface area contributed by atoms with Crippen molar-refractivity contribution in [1.82, 2.24) is 10.1 Å². The Morgan fingerprint density at radius 1 is 0.833 bits per heavy atom. The first kappa shape index (κ1) is 10.7. The van der Waals surface area contributed by atoms with Crippen LogP contribution in [0, 0.1) is 5.82 Å². The molecule has 88 valence electrons. The summed E-state index contributed by atoms with van der Waals surface area (Å²) < 4.78 is 18.0. The van der Waals surface area contributed by atoms with E-state index in [0.717, 1.165) is 11.1 Å². The van der Waals surface area contributed by atoms with E-state index >= 15 is 0 Å². The quantitative estimate of drug-likeness (QED) is 0.687. The minimum absolute atomic E-state index is 0.287. The molecule has 18 heavy (non-hydrogen) atoms. The van der Waals surface area contributed by atoms with Crippen molar-refractivity contribution < 1.29 is 8.91 Å². The number of hydrogen-bond acceptors (Lipinski definition) is 3. The van der Waals surface area contributed by atoms with Crippen molar-refractivity contribution in [1.29, 1.82) is 0 Å². The minimum atomic E-state index is -0.287. The van der Waals surface area contributed by atoms with E-state index in [1.165, 1.54) is 12.1 Å². The Hall–Kier alpha value is -2.49. The molecule has 0 aliphatic carbocycles. The summed E-state index contributed by atoms with van der Waals surface area (Å²) in [6.07, 6.45) is 0. The number of rotatable bonds is 2. The van der Waals surface area contributed by atoms with Gasteiger partial charge in [-0.2, -0.15) is 4.98 Å². The highest BCUT2D eigenvalue weighted by Crippen LogP contribution is 2.21. The summed E-state index contributed by atoms with van der Waals surface area (Å²) in [5.41, 5.74) is 1.58. The molecule has 0 radical (unpaired) electrons. The molecule has 0 fully saturated rings. The van der Waals surface area contributed by atoms with E-state index in [2.05, 4.69) is 10.1 Å². The lowest BCUT2D eigenvalue weighted by Gasteiger charge is -1.93. The first-order valence-electron chi connectivity index (χ1n) is 5.48. The maximum atomic E-state index is 12.8. The van der Waals surface area contributed by atoms with Crippen molar-refractivity contribution in [3.63, 3.8) is 0 Å². The molecule has 0 aliphatic heterocycles. The predicted molar refractivity (Wildman–Crippen MR) is 65.1 cm³/mol. The van der Waals surface area contributed by atoms with Gasteiger partial charge < -0.3 is 4.52 Å². The molecule has 1 heterocycles. The highest BCUT2D eigenvalue weighted by molar-refractivity contribution is 5.59. The molecule has 3 aromatic rings. The summed E-state index contributed by atoms with van der Waals surface area (Å²) in [5.74, 6) is 0.620. The van der Waals surface area contributed by atoms with Crippen LogP contribution in [-0.4, -0.2) is 10.1 Å². The van der Waals surface area contributed by atoms with Gasteiger partial charge in [0.25, 0.3) is 5.89 Å². The second-order valence-electron chi connectivity index (χ2n) is 3.80. The van der Waals surface area contributed by atoms with E-state index in [1.807, 2.05) is 30.3 Å². The lowest BCUT2D eigenvalue weighted by Crippen LogP contribution is -1.81. The van der Waals surface area contributed by atoms with E-state index in [0.29, 0.717) is 11.7 Å². The van der Waals surface area contributed by atoms with Crippen LogP contribution in [0.25, 0.3) is 22.8 Å². The van der Waals surface area contributed by atoms with E-state index < -0.39 is 0 Å². The van der Waals surface area contributed by atoms with Crippen LogP contribution in [0.2, 0.25) is 0 Å². The molecule has 0 atom stereocenters. The van der Waals surface area contributed by atoms with Gasteiger partial charge >= 0.3 is 0 Å². The van der Waals surface area contributed by atoms with Crippen LogP contribution < -0.4 is 0 Å². The Morgan fingerprint density at radius 3 is 2.28 bits per heavy atom. The highest BCUT2D eigenvalue weighted by atomic mass is 19.1. The van der Waals surface area contributed by atoms with Crippen LogP contribution in [0.5, 0.6) is 0 Å². The Labute approximate surface area is 103 Å². The van der Waals surface area contributed by atoms with Gasteiger partial charge in [0.15, 0.2) is 0 Å². The zero-order valence-electron chi connectivity index (χ0n) is 9.38. The second-order valence-corrected chi connectivity index (χ2v) is 3.80. The van der Waals surface area contributed by atoms with Gasteiger partial charge in [-0.25, -0.2) is 4.39 Å². The third kappa shape index (κ3) is 2.00. The Bertz CT molecular complexity index is 647. The molecular weight excluding hydrogens is 231 g/mol. The zero-order valence-corrected chi connectivity index (χ0v) is 9.38. The molecule has 0 N–H and O–H groups in total. The lowest BCUT2D eigenvalue weighted by atomic mass is 10.2. The van der Waals surface area contributed by atoms with E-state index in [4.69, 9.17) is 4.52 Å². The van der Waals surface area contributed by atoms with Gasteiger partial charge in [0.2, 0.25) is 5.82 Å². The standard InChI is InChI=1S/C14H9FN2O/c15-12-8-6-10(7-9-12)13-16-14(18-17-13)11-4-2-1-3-5-11/h1-9H. The summed E-state index contributed by atoms with van der Waals surface area (Å²) in [6, 6.07) is 15.5. The van der Waals surface area contributed by atoms with Crippen LogP contribution in [0.15, 0.2) is 59.1 Å². The average molecular weight is 240 g/mol. The molecule has 0 unspecified atom stereocenters. The van der Waals surface area contributed by atoms with E-state index in [-0.39, 0.29) is 5.82 Å². The lowest BCUT2D eigenvalue weighted by molar-refractivity contribution is 0.432. The van der Waals surface area contributed by atoms with Gasteiger partial charge in [-0.1, -0.05) is 23.4 Å². The van der Waals surface area contributed by atoms with Crippen LogP contribution in [0.1, 0.15) is 0 Å². The molecule has 0 aliphatic rings. The molecule has 3 nitrogen and oxygen atoms in total. The molecule has 0 saturated heterocycles. The maximum absolute atomic E-state index is 12.8. The molecule has 4 heteroatoms. The van der Waals surface area contributed by atoms with Crippen molar-refractivity contribution in [2.75, 3.05) is 0 Å². The van der Waals surface area contributed by atoms with E-state index in [9.17, 15) is 4.39 Å². The minimum Gasteiger partial charge on any atom is -0.334 e. The first-order valence-corrected chi connectivity index (χ1v) is 5.48. The summed E-state index contributed by atoms with van der Waals surface area (Å²) in [6.45, 7) is 0. The SMILES string of the molecule is Fc1ccc(-c2noc(-c3ccccc3)n2)cc1. The molecule has 1 aromatic heterocycles. The Balaban J connectivity index is 1.97. The molecule has 2 aromatic carbocycles. The molecule has 0 bridgehead atoms. The number of aromatic nitrogens is 2. The number of hydrogen-bond donors (Lipinski definition) is 0. The fourth-order valence-electron chi connectivity index (χ4n) is 1.64. The van der Waals surface area contributed by atoms with Crippen molar-refractivity contribution >= 4 is 0 Å². The van der Waals surface area contributed by atoms with Crippen LogP contribution in [0.3, 0.4) is 0 Å². The smallest absolute Gasteiger partial charge is 0.258 e. The topological polar surface area (TPSA) is 38.9 Å². The largest absolute Gasteiger partial charge is 0.334 e. The van der Waals surface area contributed by atoms with Crippen molar-refractivity contribution in [3.05, 3.63) is 60.4 Å². The van der Waals surface area contributed by atoms with Gasteiger partial charge in [0.05, 0.1) is 0 Å². The molecule has 3 rings (SSSR count). The van der Waals surface area contributed by atoms with Crippen LogP contribution in [-0.2, 0) is 0 Å². The van der Waals surface area contributed by atoms with Crippen molar-refractivity contribution in [3.8, 4) is 22.8 Å². The monoisotopic (exact) mass is 240 g/mol. The van der Waals surface area contributed by atoms with E-state index in [1.54, 1.807) is 12.1 Å². The fourth-order valence-corrected chi connectivity index (χ4v) is 1.64. The van der Waals surface area contributed by atoms with Crippen LogP contribution in [0.4, 0.5) is 4.39 Å². The van der Waals surface area contributed by atoms with Crippen LogP contribution >= 0.6 is 0 Å². The zero-order chi connectivity index (χ0) is 12.4. The summed E-state index contributed by atoms with van der Waals surface area (Å²) in [4.78, 5) is 4.28. The molecule has 0 saturated carbocycles. The molecule has 0 amide bonds.